The van der Waals surface area contributed by atoms with Crippen molar-refractivity contribution in [1.82, 2.24) is 10.6 Å². The molecule has 2 aromatic rings. The third kappa shape index (κ3) is 6.18. The van der Waals surface area contributed by atoms with Crippen LogP contribution in [0.2, 0.25) is 0 Å². The lowest BCUT2D eigenvalue weighted by molar-refractivity contribution is -0.125. The normalized spacial score (nSPS) is 10.0. The Kier molecular flexibility index (Phi) is 8.83. The van der Waals surface area contributed by atoms with E-state index in [1.54, 1.807) is 0 Å². The molecule has 0 heterocycles. The van der Waals surface area contributed by atoms with E-state index in [1.807, 2.05) is 42.5 Å². The number of unbranched alkanes of at least 4 members (excludes halogenated alkanes) is 1. The average Bonchev–Trinajstić information content (AvgIpc) is 2.57. The molecule has 2 aromatic carbocycles. The van der Waals surface area contributed by atoms with Crippen LogP contribution in [0, 0.1) is 0 Å². The van der Waals surface area contributed by atoms with Crippen LogP contribution in [0.1, 0.15) is 18.4 Å². The maximum atomic E-state index is 12.0. The lowest BCUT2D eigenvalue weighted by Crippen LogP contribution is -2.38. The van der Waals surface area contributed by atoms with Crippen molar-refractivity contribution in [2.45, 2.75) is 19.3 Å². The number of halogens is 1. The Morgan fingerprint density at radius 3 is 2.46 bits per heavy atom. The molecule has 5 nitrogen and oxygen atoms in total. The maximum absolute atomic E-state index is 12.0. The van der Waals surface area contributed by atoms with E-state index in [2.05, 4.69) is 10.6 Å². The zero-order valence-electron chi connectivity index (χ0n) is 13.6. The summed E-state index contributed by atoms with van der Waals surface area (Å²) in [5, 5.41) is 7.59. The zero-order chi connectivity index (χ0) is 16.5. The van der Waals surface area contributed by atoms with Crippen molar-refractivity contribution in [3.63, 3.8) is 0 Å². The summed E-state index contributed by atoms with van der Waals surface area (Å²) in [5.41, 5.74) is 6.35. The van der Waals surface area contributed by atoms with Gasteiger partial charge < -0.3 is 16.4 Å². The molecule has 0 radical (unpaired) electrons. The Morgan fingerprint density at radius 2 is 1.67 bits per heavy atom. The largest absolute Gasteiger partial charge is 0.355 e. The molecule has 0 aliphatic heterocycles. The number of rotatable bonds is 8. The molecular weight excluding hydrogens is 326 g/mol. The van der Waals surface area contributed by atoms with Gasteiger partial charge in [0.2, 0.25) is 11.8 Å². The summed E-state index contributed by atoms with van der Waals surface area (Å²) in [7, 11) is 0. The highest BCUT2D eigenvalue weighted by atomic mass is 35.5. The second kappa shape index (κ2) is 10.6. The summed E-state index contributed by atoms with van der Waals surface area (Å²) >= 11 is 0. The molecule has 0 aliphatic carbocycles. The first-order valence-corrected chi connectivity index (χ1v) is 7.91. The van der Waals surface area contributed by atoms with Crippen LogP contribution in [0.25, 0.3) is 10.8 Å². The number of nitrogens with one attached hydrogen (secondary N) is 2. The van der Waals surface area contributed by atoms with Crippen LogP contribution in [0.4, 0.5) is 0 Å². The van der Waals surface area contributed by atoms with E-state index in [-0.39, 0.29) is 37.2 Å². The predicted molar refractivity (Wildman–Crippen MR) is 99.2 cm³/mol. The highest BCUT2D eigenvalue weighted by molar-refractivity contribution is 5.91. The van der Waals surface area contributed by atoms with Gasteiger partial charge in [-0.3, -0.25) is 9.59 Å². The Bertz CT molecular complexity index is 671. The van der Waals surface area contributed by atoms with Gasteiger partial charge in [0.25, 0.3) is 0 Å². The molecule has 0 spiro atoms. The van der Waals surface area contributed by atoms with Crippen molar-refractivity contribution >= 4 is 35.0 Å². The molecule has 24 heavy (non-hydrogen) atoms. The Morgan fingerprint density at radius 1 is 0.917 bits per heavy atom. The number of hydrogen-bond donors (Lipinski definition) is 3. The molecule has 2 rings (SSSR count). The number of carbonyl (C=O) groups excluding carboxylic acids is 2. The summed E-state index contributed by atoms with van der Waals surface area (Å²) in [6.45, 7) is 1.22. The maximum Gasteiger partial charge on any atom is 0.239 e. The summed E-state index contributed by atoms with van der Waals surface area (Å²) in [5.74, 6) is -0.327. The second-order valence-corrected chi connectivity index (χ2v) is 5.44. The first-order chi connectivity index (χ1) is 11.2. The first-order valence-electron chi connectivity index (χ1n) is 7.91. The van der Waals surface area contributed by atoms with Gasteiger partial charge in [-0.15, -0.1) is 12.4 Å². The number of benzene rings is 2. The molecule has 0 aliphatic rings. The van der Waals surface area contributed by atoms with Gasteiger partial charge in [0.15, 0.2) is 0 Å². The van der Waals surface area contributed by atoms with Crippen molar-refractivity contribution in [3.8, 4) is 0 Å². The SMILES string of the molecule is Cl.NCCCCNC(=O)CNC(=O)Cc1cccc2ccccc12. The quantitative estimate of drug-likeness (QED) is 0.635. The lowest BCUT2D eigenvalue weighted by Gasteiger charge is -2.08. The fourth-order valence-corrected chi connectivity index (χ4v) is 2.42. The number of fused-ring (bicyclic) bond motifs is 1. The smallest absolute Gasteiger partial charge is 0.239 e. The molecule has 2 amide bonds. The zero-order valence-corrected chi connectivity index (χ0v) is 14.4. The van der Waals surface area contributed by atoms with E-state index in [0.29, 0.717) is 13.1 Å². The van der Waals surface area contributed by atoms with Crippen LogP contribution >= 0.6 is 12.4 Å². The van der Waals surface area contributed by atoms with Crippen molar-refractivity contribution in [2.24, 2.45) is 5.73 Å². The fraction of sp³-hybridized carbons (Fsp3) is 0.333. The van der Waals surface area contributed by atoms with E-state index in [9.17, 15) is 9.59 Å². The van der Waals surface area contributed by atoms with Gasteiger partial charge in [0.05, 0.1) is 13.0 Å². The van der Waals surface area contributed by atoms with Gasteiger partial charge in [0.1, 0.15) is 0 Å². The highest BCUT2D eigenvalue weighted by Gasteiger charge is 2.08. The third-order valence-corrected chi connectivity index (χ3v) is 3.63. The predicted octanol–water partition coefficient (Wildman–Crippen LogP) is 1.78. The summed E-state index contributed by atoms with van der Waals surface area (Å²) in [6.07, 6.45) is 2.00. The van der Waals surface area contributed by atoms with E-state index in [4.69, 9.17) is 5.73 Å². The lowest BCUT2D eigenvalue weighted by atomic mass is 10.0. The van der Waals surface area contributed by atoms with Gasteiger partial charge in [-0.05, 0) is 35.7 Å². The van der Waals surface area contributed by atoms with E-state index in [0.717, 1.165) is 29.2 Å². The molecule has 6 heteroatoms. The van der Waals surface area contributed by atoms with Crippen LogP contribution in [0.5, 0.6) is 0 Å². The summed E-state index contributed by atoms with van der Waals surface area (Å²) in [6, 6.07) is 13.8. The second-order valence-electron chi connectivity index (χ2n) is 5.44. The minimum Gasteiger partial charge on any atom is -0.355 e. The first kappa shape index (κ1) is 19.9. The molecule has 4 N–H and O–H groups in total. The number of hydrogen-bond acceptors (Lipinski definition) is 3. The van der Waals surface area contributed by atoms with Crippen LogP contribution < -0.4 is 16.4 Å². The minimum absolute atomic E-state index is 0. The van der Waals surface area contributed by atoms with Gasteiger partial charge in [-0.2, -0.15) is 0 Å². The van der Waals surface area contributed by atoms with Crippen molar-refractivity contribution < 1.29 is 9.59 Å². The molecule has 0 bridgehead atoms. The standard InChI is InChI=1S/C18H23N3O2.ClH/c19-10-3-4-11-20-18(23)13-21-17(22)12-15-8-5-7-14-6-1-2-9-16(14)15;/h1-2,5-9H,3-4,10-13,19H2,(H,20,23)(H,21,22);1H. The Balaban J connectivity index is 0.00000288. The molecule has 0 aromatic heterocycles. The van der Waals surface area contributed by atoms with Gasteiger partial charge in [-0.25, -0.2) is 0 Å². The van der Waals surface area contributed by atoms with Gasteiger partial charge in [0, 0.05) is 6.54 Å². The molecule has 130 valence electrons. The number of carbonyl (C=O) groups is 2. The Hall–Kier alpha value is -2.11. The molecule has 0 unspecified atom stereocenters. The average molecular weight is 350 g/mol. The topological polar surface area (TPSA) is 84.2 Å². The Labute approximate surface area is 148 Å². The van der Waals surface area contributed by atoms with Crippen LogP contribution in [-0.2, 0) is 16.0 Å². The summed E-state index contributed by atoms with van der Waals surface area (Å²) < 4.78 is 0. The molecular formula is C18H24ClN3O2. The van der Waals surface area contributed by atoms with Crippen molar-refractivity contribution in [1.29, 1.82) is 0 Å². The van der Waals surface area contributed by atoms with Crippen molar-refractivity contribution in [3.05, 3.63) is 48.0 Å². The molecule has 0 saturated carbocycles. The van der Waals surface area contributed by atoms with E-state index in [1.165, 1.54) is 0 Å². The highest BCUT2D eigenvalue weighted by Crippen LogP contribution is 2.18. The van der Waals surface area contributed by atoms with E-state index >= 15 is 0 Å². The third-order valence-electron chi connectivity index (χ3n) is 3.63. The number of nitrogens with two attached hydrogens (primary N) is 1. The van der Waals surface area contributed by atoms with E-state index < -0.39 is 0 Å². The van der Waals surface area contributed by atoms with Crippen LogP contribution in [-0.4, -0.2) is 31.4 Å². The molecule has 0 saturated heterocycles. The van der Waals surface area contributed by atoms with Crippen molar-refractivity contribution in [2.75, 3.05) is 19.6 Å². The van der Waals surface area contributed by atoms with Gasteiger partial charge >= 0.3 is 0 Å². The summed E-state index contributed by atoms with van der Waals surface area (Å²) in [4.78, 5) is 23.6. The van der Waals surface area contributed by atoms with Crippen LogP contribution in [0.3, 0.4) is 0 Å². The molecule has 0 atom stereocenters. The van der Waals surface area contributed by atoms with Gasteiger partial charge in [-0.1, -0.05) is 42.5 Å². The van der Waals surface area contributed by atoms with Crippen LogP contribution in [0.15, 0.2) is 42.5 Å². The fourth-order valence-electron chi connectivity index (χ4n) is 2.42. The minimum atomic E-state index is -0.173. The number of amides is 2. The molecule has 0 fully saturated rings. The monoisotopic (exact) mass is 349 g/mol.